The van der Waals surface area contributed by atoms with Gasteiger partial charge in [0.15, 0.2) is 0 Å². The number of nitrogens with zero attached hydrogens (tertiary/aromatic N) is 6. The fourth-order valence-corrected chi connectivity index (χ4v) is 18.2. The summed E-state index contributed by atoms with van der Waals surface area (Å²) in [7, 11) is -11.1. The normalized spacial score (nSPS) is 19.2. The minimum Gasteiger partial charge on any atom is -0.391 e. The minimum atomic E-state index is -6.18. The summed E-state index contributed by atoms with van der Waals surface area (Å²) in [5.74, 6) is -1.96. The van der Waals surface area contributed by atoms with E-state index in [1.54, 1.807) is 29.0 Å². The first-order valence-electron chi connectivity index (χ1n) is 36.4. The maximum Gasteiger partial charge on any atom is 0.501 e. The highest BCUT2D eigenvalue weighted by Crippen LogP contribution is 2.45. The number of hydrogen-bond acceptors (Lipinski definition) is 17. The van der Waals surface area contributed by atoms with E-state index in [9.17, 15) is 54.3 Å². The van der Waals surface area contributed by atoms with Crippen molar-refractivity contribution in [3.8, 4) is 10.4 Å². The molecular weight excluding hydrogens is 1450 g/mol. The number of likely N-dealkylation sites (tertiary alicyclic amines) is 1. The average molecular weight is 1560 g/mol. The highest BCUT2D eigenvalue weighted by atomic mass is 35.5. The first-order chi connectivity index (χ1) is 49.8. The summed E-state index contributed by atoms with van der Waals surface area (Å²) in [6.07, 6.45) is 3.15. The van der Waals surface area contributed by atoms with Gasteiger partial charge >= 0.3 is 5.51 Å². The molecule has 5 N–H and O–H groups in total. The number of thiazole rings is 1. The van der Waals surface area contributed by atoms with Crippen LogP contribution in [0.2, 0.25) is 5.02 Å². The number of carbonyl (C=O) groups is 4. The SMILES string of the molecule is Cc1ncsc1-c1ccc([C@H](C)NC(=O)[C@@H]2C[C@@H](O)CN2C(=O)[C@@H](NC(=O)C(C)(C)C(C)(C)CCN2CCN(CC[C@H](CSc3ccccc3)Nc3ccc(S(=O)(=O)NC(=O)c4ccc(N5CCN(CC6=C(c7ccc(Cl)cc7)CCC(C)(C)C6)CC5)cc4)cc3S(=O)(=O)C(F)(F)F)CC2)C(C)(C)C)cc1. The second-order valence-electron chi connectivity index (χ2n) is 31.8. The Morgan fingerprint density at radius 1 is 0.774 bits per heavy atom. The molecule has 10 rings (SSSR count). The number of aryl methyl sites for hydroxylation is 1. The number of allylic oxidation sites excluding steroid dienone is 1. The molecule has 1 aromatic heterocycles. The number of aliphatic hydroxyl groups is 1. The third-order valence-corrected chi connectivity index (χ3v) is 27.1. The number of carbonyl (C=O) groups excluding carboxylic acids is 4. The van der Waals surface area contributed by atoms with Gasteiger partial charge in [0.2, 0.25) is 17.7 Å². The van der Waals surface area contributed by atoms with Crippen molar-refractivity contribution >= 4 is 95.1 Å². The third-order valence-electron chi connectivity index (χ3n) is 21.9. The van der Waals surface area contributed by atoms with Gasteiger partial charge in [0, 0.05) is 117 Å². The van der Waals surface area contributed by atoms with Crippen LogP contribution in [0.15, 0.2) is 147 Å². The molecule has 5 aromatic carbocycles. The quantitative estimate of drug-likeness (QED) is 0.0302. The number of nitrogens with one attached hydrogen (secondary N) is 4. The Morgan fingerprint density at radius 3 is 2.01 bits per heavy atom. The summed E-state index contributed by atoms with van der Waals surface area (Å²) in [5.41, 5.74) is 0.948. The number of sulfone groups is 1. The molecular formula is C79H102ClF3N10O9S4. The Labute approximate surface area is 636 Å². The average Bonchev–Trinajstić information content (AvgIpc) is 0.817. The summed E-state index contributed by atoms with van der Waals surface area (Å²) in [4.78, 5) is 71.7. The number of benzene rings is 5. The second kappa shape index (κ2) is 33.5. The van der Waals surface area contributed by atoms with Crippen LogP contribution in [0.25, 0.3) is 16.0 Å². The summed E-state index contributed by atoms with van der Waals surface area (Å²) in [5, 5.41) is 20.9. The van der Waals surface area contributed by atoms with Crippen LogP contribution in [0.1, 0.15) is 141 Å². The molecule has 0 bridgehead atoms. The lowest BCUT2D eigenvalue weighted by Crippen LogP contribution is -2.60. The Kier molecular flexibility index (Phi) is 25.8. The highest BCUT2D eigenvalue weighted by Gasteiger charge is 2.51. The van der Waals surface area contributed by atoms with Crippen LogP contribution in [-0.2, 0) is 34.2 Å². The molecule has 0 saturated carbocycles. The van der Waals surface area contributed by atoms with Crippen molar-refractivity contribution in [2.75, 3.05) is 94.5 Å². The van der Waals surface area contributed by atoms with Gasteiger partial charge in [-0.2, -0.15) is 13.2 Å². The van der Waals surface area contributed by atoms with Gasteiger partial charge in [0.05, 0.1) is 38.8 Å². The first kappa shape index (κ1) is 81.6. The van der Waals surface area contributed by atoms with Gasteiger partial charge in [0.25, 0.3) is 25.8 Å². The molecule has 1 aliphatic carbocycles. The largest absolute Gasteiger partial charge is 0.501 e. The number of piperazine rings is 2. The fourth-order valence-electron chi connectivity index (χ4n) is 14.3. The van der Waals surface area contributed by atoms with E-state index in [4.69, 9.17) is 11.6 Å². The lowest BCUT2D eigenvalue weighted by molar-refractivity contribution is -0.147. The number of sulfonamides is 1. The third kappa shape index (κ3) is 19.9. The van der Waals surface area contributed by atoms with Gasteiger partial charge in [-0.15, -0.1) is 23.1 Å². The molecule has 4 heterocycles. The molecule has 5 atom stereocenters. The predicted molar refractivity (Wildman–Crippen MR) is 416 cm³/mol. The van der Waals surface area contributed by atoms with Crippen molar-refractivity contribution in [2.24, 2.45) is 21.7 Å². The molecule has 3 aliphatic heterocycles. The topological polar surface area (TPSA) is 234 Å². The molecule has 4 amide bonds. The molecule has 3 saturated heterocycles. The Bertz CT molecular complexity index is 4350. The van der Waals surface area contributed by atoms with Crippen molar-refractivity contribution in [2.45, 2.75) is 165 Å². The number of rotatable bonds is 27. The van der Waals surface area contributed by atoms with E-state index in [1.807, 2.05) is 134 Å². The second-order valence-corrected chi connectivity index (χ2v) is 37.7. The maximum absolute atomic E-state index is 14.7. The summed E-state index contributed by atoms with van der Waals surface area (Å²) in [6, 6.07) is 31.0. The van der Waals surface area contributed by atoms with Gasteiger partial charge in [-0.1, -0.05) is 134 Å². The molecule has 0 spiro atoms. The Balaban J connectivity index is 0.733. The molecule has 27 heteroatoms. The maximum atomic E-state index is 14.7. The number of amides is 4. The molecule has 0 radical (unpaired) electrons. The van der Waals surface area contributed by atoms with Crippen molar-refractivity contribution < 1.29 is 54.3 Å². The van der Waals surface area contributed by atoms with E-state index in [0.29, 0.717) is 76.3 Å². The number of halogens is 4. The minimum absolute atomic E-state index is 0.0329. The molecule has 0 unspecified atom stereocenters. The number of aromatic nitrogens is 1. The molecule has 574 valence electrons. The summed E-state index contributed by atoms with van der Waals surface area (Å²) >= 11 is 9.21. The number of alkyl halides is 3. The molecule has 106 heavy (non-hydrogen) atoms. The van der Waals surface area contributed by atoms with Gasteiger partial charge in [0.1, 0.15) is 17.0 Å². The van der Waals surface area contributed by atoms with Crippen LogP contribution in [0, 0.1) is 28.6 Å². The van der Waals surface area contributed by atoms with Crippen LogP contribution >= 0.6 is 34.7 Å². The number of anilines is 2. The zero-order chi connectivity index (χ0) is 76.9. The predicted octanol–water partition coefficient (Wildman–Crippen LogP) is 13.4. The van der Waals surface area contributed by atoms with Crippen LogP contribution in [0.5, 0.6) is 0 Å². The molecule has 6 aromatic rings. The van der Waals surface area contributed by atoms with Crippen molar-refractivity contribution in [3.05, 3.63) is 160 Å². The van der Waals surface area contributed by atoms with Gasteiger partial charge in [-0.05, 0) is 158 Å². The van der Waals surface area contributed by atoms with E-state index in [2.05, 4.69) is 66.5 Å². The van der Waals surface area contributed by atoms with Crippen LogP contribution in [0.4, 0.5) is 24.5 Å². The fraction of sp³-hybridized carbons (Fsp3) is 0.506. The van der Waals surface area contributed by atoms with Crippen LogP contribution in [-0.4, -0.2) is 184 Å². The smallest absolute Gasteiger partial charge is 0.391 e. The monoisotopic (exact) mass is 1550 g/mol. The van der Waals surface area contributed by atoms with Crippen molar-refractivity contribution in [1.82, 2.24) is 39.9 Å². The van der Waals surface area contributed by atoms with E-state index in [1.165, 1.54) is 45.5 Å². The van der Waals surface area contributed by atoms with E-state index < -0.39 is 105 Å². The van der Waals surface area contributed by atoms with Crippen molar-refractivity contribution in [1.29, 1.82) is 0 Å². The van der Waals surface area contributed by atoms with Gasteiger partial charge in [-0.25, -0.2) is 26.5 Å². The van der Waals surface area contributed by atoms with E-state index in [-0.39, 0.29) is 35.6 Å². The Hall–Kier alpha value is -6.88. The zero-order valence-electron chi connectivity index (χ0n) is 62.5. The Morgan fingerprint density at radius 2 is 1.40 bits per heavy atom. The molecule has 19 nitrogen and oxygen atoms in total. The number of hydrogen-bond donors (Lipinski definition) is 5. The van der Waals surface area contributed by atoms with E-state index in [0.717, 1.165) is 83.3 Å². The molecule has 3 fully saturated rings. The standard InChI is InChI=1S/C79H102ClF3N10O9S4/c1-52(54-17-19-56(20-18-54)69-53(2)84-51-104-69)85-72(96)67-45-62(94)49-93(67)73(97)70(75(3,4)5)87-74(98)78(10,11)77(8,9)34-36-90-39-37-89(38-40-90)35-32-60(50-103-63-15-13-12-14-16-63)86-66-30-29-64(46-68(66)105(99,100)79(81,82)83)106(101,102)88-71(95)57-23-27-61(28-24-57)92-43-41-91(42-44-92)48-58-47-76(6,7)33-31-65(58)55-21-25-59(80)26-22-55/h12-30,46,51-52,60,62,67,70,86,94H,31-45,47-50H2,1-11H3,(H,85,96)(H,87,98)(H,88,95)/t52-,60+,62+,67-,70+/m0/s1. The van der Waals surface area contributed by atoms with E-state index >= 15 is 0 Å². The van der Waals surface area contributed by atoms with Crippen molar-refractivity contribution in [3.63, 3.8) is 0 Å². The van der Waals surface area contributed by atoms with Crippen LogP contribution < -0.4 is 25.6 Å². The summed E-state index contributed by atoms with van der Waals surface area (Å²) in [6.45, 7) is 29.2. The lowest BCUT2D eigenvalue weighted by Gasteiger charge is -2.44. The number of β-amino-alcohol motifs (C(OH)–C–C–N with tert-alkyl or cyclic N) is 1. The van der Waals surface area contributed by atoms with Gasteiger partial charge < -0.3 is 40.7 Å². The first-order valence-corrected chi connectivity index (χ1v) is 41.6. The summed E-state index contributed by atoms with van der Waals surface area (Å²) < 4.78 is 101. The highest BCUT2D eigenvalue weighted by molar-refractivity contribution is 7.99. The molecule has 4 aliphatic rings. The lowest BCUT2D eigenvalue weighted by atomic mass is 9.65. The number of thioether (sulfide) groups is 1. The van der Waals surface area contributed by atoms with Gasteiger partial charge in [-0.3, -0.25) is 24.1 Å². The number of aliphatic hydroxyl groups excluding tert-OH is 1. The zero-order valence-corrected chi connectivity index (χ0v) is 66.5. The van der Waals surface area contributed by atoms with Crippen LogP contribution in [0.3, 0.4) is 0 Å².